The molecule has 158 valence electrons. The average Bonchev–Trinajstić information content (AvgIpc) is 2.94. The van der Waals surface area contributed by atoms with Crippen LogP contribution in [0.15, 0.2) is 67.0 Å². The van der Waals surface area contributed by atoms with Gasteiger partial charge in [-0.1, -0.05) is 29.8 Å². The Balaban J connectivity index is 1.50. The molecule has 0 spiro atoms. The minimum Gasteiger partial charge on any atom is -0.455 e. The zero-order valence-electron chi connectivity index (χ0n) is 16.8. The maximum absolute atomic E-state index is 13.2. The van der Waals surface area contributed by atoms with Crippen LogP contribution in [-0.4, -0.2) is 23.0 Å². The Morgan fingerprint density at radius 2 is 1.90 bits per heavy atom. The highest BCUT2D eigenvalue weighted by atomic mass is 35.5. The predicted molar refractivity (Wildman–Crippen MR) is 118 cm³/mol. The van der Waals surface area contributed by atoms with Gasteiger partial charge in [0.05, 0.1) is 12.2 Å². The van der Waals surface area contributed by atoms with E-state index in [9.17, 15) is 9.59 Å². The maximum Gasteiger partial charge on any atom is 0.322 e. The second kappa shape index (κ2) is 9.06. The number of carbonyl (C=O) groups is 2. The summed E-state index contributed by atoms with van der Waals surface area (Å²) in [6.07, 6.45) is 3.32. The van der Waals surface area contributed by atoms with Crippen molar-refractivity contribution in [3.8, 4) is 11.5 Å². The van der Waals surface area contributed by atoms with Gasteiger partial charge in [0, 0.05) is 29.5 Å². The molecule has 31 heavy (non-hydrogen) atoms. The van der Waals surface area contributed by atoms with Crippen molar-refractivity contribution in [3.63, 3.8) is 0 Å². The molecule has 0 fully saturated rings. The highest BCUT2D eigenvalue weighted by Gasteiger charge is 2.27. The number of aromatic nitrogens is 1. The van der Waals surface area contributed by atoms with Crippen LogP contribution in [-0.2, 0) is 17.9 Å². The van der Waals surface area contributed by atoms with Crippen molar-refractivity contribution in [2.24, 2.45) is 0 Å². The Hall–Kier alpha value is -3.58. The molecule has 7 nitrogen and oxygen atoms in total. The number of amides is 3. The van der Waals surface area contributed by atoms with Gasteiger partial charge in [-0.05, 0) is 48.9 Å². The van der Waals surface area contributed by atoms with Gasteiger partial charge in [-0.3, -0.25) is 14.7 Å². The van der Waals surface area contributed by atoms with Crippen molar-refractivity contribution in [2.75, 3.05) is 4.90 Å². The SMILES string of the molecule is CC(NC(=O)N1Cc2ccccc2Oc2ccc(Cl)cc21)C(=O)NCc1ccncc1. The fraction of sp³-hybridized carbons (Fsp3) is 0.174. The van der Waals surface area contributed by atoms with Gasteiger partial charge in [-0.15, -0.1) is 0 Å². The number of fused-ring (bicyclic) bond motifs is 2. The minimum absolute atomic E-state index is 0.278. The molecule has 0 aliphatic carbocycles. The van der Waals surface area contributed by atoms with Gasteiger partial charge in [0.15, 0.2) is 5.75 Å². The fourth-order valence-corrected chi connectivity index (χ4v) is 3.41. The quantitative estimate of drug-likeness (QED) is 0.640. The summed E-state index contributed by atoms with van der Waals surface area (Å²) < 4.78 is 6.01. The van der Waals surface area contributed by atoms with E-state index in [0.29, 0.717) is 28.8 Å². The molecule has 1 aromatic heterocycles. The molecule has 0 saturated heterocycles. The highest BCUT2D eigenvalue weighted by molar-refractivity contribution is 6.31. The Labute approximate surface area is 185 Å². The van der Waals surface area contributed by atoms with Gasteiger partial charge < -0.3 is 15.4 Å². The molecular formula is C23H21ClN4O3. The summed E-state index contributed by atoms with van der Waals surface area (Å²) in [6, 6.07) is 15.1. The van der Waals surface area contributed by atoms with E-state index >= 15 is 0 Å². The van der Waals surface area contributed by atoms with Crippen molar-refractivity contribution in [2.45, 2.75) is 26.1 Å². The van der Waals surface area contributed by atoms with Gasteiger partial charge in [-0.25, -0.2) is 4.79 Å². The normalized spacial score (nSPS) is 13.2. The van der Waals surface area contributed by atoms with E-state index in [2.05, 4.69) is 15.6 Å². The van der Waals surface area contributed by atoms with Crippen LogP contribution in [0.4, 0.5) is 10.5 Å². The summed E-state index contributed by atoms with van der Waals surface area (Å²) in [5.41, 5.74) is 2.30. The molecule has 3 amide bonds. The molecule has 0 bridgehead atoms. The first kappa shape index (κ1) is 20.7. The van der Waals surface area contributed by atoms with E-state index < -0.39 is 12.1 Å². The van der Waals surface area contributed by atoms with E-state index in [1.807, 2.05) is 36.4 Å². The van der Waals surface area contributed by atoms with Gasteiger partial charge in [-0.2, -0.15) is 0 Å². The Bertz CT molecular complexity index is 1110. The van der Waals surface area contributed by atoms with Crippen LogP contribution in [0.2, 0.25) is 5.02 Å². The average molecular weight is 437 g/mol. The van der Waals surface area contributed by atoms with Crippen molar-refractivity contribution < 1.29 is 14.3 Å². The Morgan fingerprint density at radius 1 is 1.13 bits per heavy atom. The highest BCUT2D eigenvalue weighted by Crippen LogP contribution is 2.40. The van der Waals surface area contributed by atoms with Crippen molar-refractivity contribution in [1.29, 1.82) is 0 Å². The van der Waals surface area contributed by atoms with Gasteiger partial charge in [0.2, 0.25) is 5.91 Å². The van der Waals surface area contributed by atoms with E-state index in [1.54, 1.807) is 37.5 Å². The molecule has 1 unspecified atom stereocenters. The molecule has 3 aromatic rings. The molecule has 1 aliphatic rings. The summed E-state index contributed by atoms with van der Waals surface area (Å²) in [5, 5.41) is 6.07. The lowest BCUT2D eigenvalue weighted by Gasteiger charge is -2.24. The summed E-state index contributed by atoms with van der Waals surface area (Å²) in [7, 11) is 0. The third-order valence-electron chi connectivity index (χ3n) is 4.93. The molecule has 1 aliphatic heterocycles. The zero-order valence-corrected chi connectivity index (χ0v) is 17.6. The minimum atomic E-state index is -0.739. The van der Waals surface area contributed by atoms with Crippen LogP contribution in [0, 0.1) is 0 Å². The lowest BCUT2D eigenvalue weighted by molar-refractivity contribution is -0.122. The number of urea groups is 1. The van der Waals surface area contributed by atoms with Crippen LogP contribution in [0.3, 0.4) is 0 Å². The first-order valence-electron chi connectivity index (χ1n) is 9.81. The molecule has 4 rings (SSSR count). The number of hydrogen-bond acceptors (Lipinski definition) is 4. The van der Waals surface area contributed by atoms with Crippen LogP contribution in [0.5, 0.6) is 11.5 Å². The van der Waals surface area contributed by atoms with E-state index in [4.69, 9.17) is 16.3 Å². The van der Waals surface area contributed by atoms with Crippen LogP contribution in [0.1, 0.15) is 18.1 Å². The largest absolute Gasteiger partial charge is 0.455 e. The topological polar surface area (TPSA) is 83.6 Å². The number of halogens is 1. The second-order valence-electron chi connectivity index (χ2n) is 7.15. The molecule has 0 saturated carbocycles. The number of nitrogens with one attached hydrogen (secondary N) is 2. The van der Waals surface area contributed by atoms with Gasteiger partial charge in [0.25, 0.3) is 0 Å². The Morgan fingerprint density at radius 3 is 2.71 bits per heavy atom. The van der Waals surface area contributed by atoms with E-state index in [-0.39, 0.29) is 12.5 Å². The van der Waals surface area contributed by atoms with E-state index in [1.165, 1.54) is 4.90 Å². The molecule has 0 radical (unpaired) electrons. The standard InChI is InChI=1S/C23H21ClN4O3/c1-15(22(29)26-13-16-8-10-25-11-9-16)27-23(30)28-14-17-4-2-3-5-20(17)31-21-7-6-18(24)12-19(21)28/h2-12,15H,13-14H2,1H3,(H,26,29)(H,27,30). The summed E-state index contributed by atoms with van der Waals surface area (Å²) >= 11 is 6.18. The number of para-hydroxylation sites is 1. The number of carbonyl (C=O) groups excluding carboxylic acids is 2. The van der Waals surface area contributed by atoms with Gasteiger partial charge >= 0.3 is 6.03 Å². The number of hydrogen-bond donors (Lipinski definition) is 2. The molecule has 2 aromatic carbocycles. The monoisotopic (exact) mass is 436 g/mol. The van der Waals surface area contributed by atoms with Crippen molar-refractivity contribution in [1.82, 2.24) is 15.6 Å². The first-order chi connectivity index (χ1) is 15.0. The second-order valence-corrected chi connectivity index (χ2v) is 7.59. The van der Waals surface area contributed by atoms with Crippen molar-refractivity contribution in [3.05, 3.63) is 83.1 Å². The van der Waals surface area contributed by atoms with Crippen molar-refractivity contribution >= 4 is 29.2 Å². The summed E-state index contributed by atoms with van der Waals surface area (Å²) in [4.78, 5) is 31.1. The summed E-state index contributed by atoms with van der Waals surface area (Å²) in [5.74, 6) is 0.895. The number of nitrogens with zero attached hydrogens (tertiary/aromatic N) is 2. The van der Waals surface area contributed by atoms with Gasteiger partial charge in [0.1, 0.15) is 11.8 Å². The fourth-order valence-electron chi connectivity index (χ4n) is 3.25. The third-order valence-corrected chi connectivity index (χ3v) is 5.16. The lowest BCUT2D eigenvalue weighted by Crippen LogP contribution is -2.49. The number of anilines is 1. The van der Waals surface area contributed by atoms with Crippen LogP contribution >= 0.6 is 11.6 Å². The van der Waals surface area contributed by atoms with E-state index in [0.717, 1.165) is 11.1 Å². The third kappa shape index (κ3) is 4.78. The molecule has 2 N–H and O–H groups in total. The number of pyridine rings is 1. The predicted octanol–water partition coefficient (Wildman–Crippen LogP) is 4.26. The Kier molecular flexibility index (Phi) is 6.04. The molecule has 2 heterocycles. The smallest absolute Gasteiger partial charge is 0.322 e. The van der Waals surface area contributed by atoms with Crippen LogP contribution in [0.25, 0.3) is 0 Å². The number of rotatable bonds is 4. The summed E-state index contributed by atoms with van der Waals surface area (Å²) in [6.45, 7) is 2.27. The first-order valence-corrected chi connectivity index (χ1v) is 10.2. The molecular weight excluding hydrogens is 416 g/mol. The van der Waals surface area contributed by atoms with Crippen LogP contribution < -0.4 is 20.3 Å². The number of ether oxygens (including phenoxy) is 1. The zero-order chi connectivity index (χ0) is 21.8. The lowest BCUT2D eigenvalue weighted by atomic mass is 10.2. The molecule has 1 atom stereocenters. The molecule has 8 heteroatoms. The number of benzene rings is 2. The maximum atomic E-state index is 13.2.